The second-order valence-electron chi connectivity index (χ2n) is 4.85. The highest BCUT2D eigenvalue weighted by Gasteiger charge is 2.21. The maximum absolute atomic E-state index is 2.39. The van der Waals surface area contributed by atoms with Gasteiger partial charge in [-0.05, 0) is 36.8 Å². The Balaban J connectivity index is 2.32. The second-order valence-corrected chi connectivity index (χ2v) is 4.85. The van der Waals surface area contributed by atoms with Crippen LogP contribution in [0.15, 0.2) is 24.3 Å². The zero-order valence-corrected chi connectivity index (χ0v) is 9.46. The largest absolute Gasteiger partial charge is 0.347 e. The van der Waals surface area contributed by atoms with E-state index in [0.717, 1.165) is 5.92 Å². The molecule has 0 fully saturated rings. The first kappa shape index (κ1) is 9.02. The van der Waals surface area contributed by atoms with Crippen LogP contribution in [0.3, 0.4) is 0 Å². The normalized spacial score (nSPS) is 20.5. The van der Waals surface area contributed by atoms with E-state index in [9.17, 15) is 0 Å². The summed E-state index contributed by atoms with van der Waals surface area (Å²) >= 11 is 0. The molecule has 0 saturated carbocycles. The van der Waals surface area contributed by atoms with Gasteiger partial charge in [-0.3, -0.25) is 0 Å². The molecule has 78 valence electrons. The molecule has 3 rings (SSSR count). The average molecular weight is 199 g/mol. The molecule has 15 heavy (non-hydrogen) atoms. The SMILES string of the molecule is CC1CCc2c(n(C)c3ccccc23)C1. The van der Waals surface area contributed by atoms with E-state index in [0.29, 0.717) is 0 Å². The van der Waals surface area contributed by atoms with Crippen LogP contribution in [0.4, 0.5) is 0 Å². The van der Waals surface area contributed by atoms with Gasteiger partial charge in [-0.1, -0.05) is 25.1 Å². The van der Waals surface area contributed by atoms with Crippen molar-refractivity contribution >= 4 is 10.9 Å². The van der Waals surface area contributed by atoms with Crippen molar-refractivity contribution in [2.75, 3.05) is 0 Å². The fourth-order valence-electron chi connectivity index (χ4n) is 2.89. The van der Waals surface area contributed by atoms with Crippen LogP contribution in [0.5, 0.6) is 0 Å². The van der Waals surface area contributed by atoms with Crippen molar-refractivity contribution in [1.82, 2.24) is 4.57 Å². The third kappa shape index (κ3) is 1.22. The summed E-state index contributed by atoms with van der Waals surface area (Å²) in [6.07, 6.45) is 3.86. The maximum atomic E-state index is 2.39. The Morgan fingerprint density at radius 3 is 2.93 bits per heavy atom. The van der Waals surface area contributed by atoms with Crippen molar-refractivity contribution in [2.24, 2.45) is 13.0 Å². The summed E-state index contributed by atoms with van der Waals surface area (Å²) in [4.78, 5) is 0. The van der Waals surface area contributed by atoms with Crippen LogP contribution in [-0.2, 0) is 19.9 Å². The third-order valence-corrected chi connectivity index (χ3v) is 3.77. The van der Waals surface area contributed by atoms with E-state index in [2.05, 4.69) is 42.8 Å². The molecular formula is C14H17N. The van der Waals surface area contributed by atoms with Gasteiger partial charge in [0.1, 0.15) is 0 Å². The second kappa shape index (κ2) is 3.13. The highest BCUT2D eigenvalue weighted by atomic mass is 15.0. The van der Waals surface area contributed by atoms with Gasteiger partial charge in [0.05, 0.1) is 0 Å². The average Bonchev–Trinajstić information content (AvgIpc) is 2.54. The van der Waals surface area contributed by atoms with E-state index < -0.39 is 0 Å². The first-order chi connectivity index (χ1) is 7.27. The van der Waals surface area contributed by atoms with Crippen molar-refractivity contribution in [3.8, 4) is 0 Å². The molecule has 0 saturated heterocycles. The van der Waals surface area contributed by atoms with Crippen LogP contribution in [0, 0.1) is 5.92 Å². The first-order valence-electron chi connectivity index (χ1n) is 5.82. The summed E-state index contributed by atoms with van der Waals surface area (Å²) in [6, 6.07) is 8.79. The molecule has 1 heterocycles. The van der Waals surface area contributed by atoms with Gasteiger partial charge < -0.3 is 4.57 Å². The Bertz CT molecular complexity index is 507. The highest BCUT2D eigenvalue weighted by Crippen LogP contribution is 2.33. The minimum atomic E-state index is 0.848. The monoisotopic (exact) mass is 199 g/mol. The summed E-state index contributed by atoms with van der Waals surface area (Å²) in [5.41, 5.74) is 4.57. The van der Waals surface area contributed by atoms with Gasteiger partial charge in [-0.2, -0.15) is 0 Å². The zero-order valence-electron chi connectivity index (χ0n) is 9.46. The minimum Gasteiger partial charge on any atom is -0.347 e. The molecule has 0 radical (unpaired) electrons. The molecule has 0 bridgehead atoms. The topological polar surface area (TPSA) is 4.93 Å². The van der Waals surface area contributed by atoms with Gasteiger partial charge in [0.25, 0.3) is 0 Å². The van der Waals surface area contributed by atoms with Crippen LogP contribution in [0.2, 0.25) is 0 Å². The number of hydrogen-bond donors (Lipinski definition) is 0. The Morgan fingerprint density at radius 1 is 1.27 bits per heavy atom. The van der Waals surface area contributed by atoms with E-state index in [4.69, 9.17) is 0 Å². The predicted molar refractivity (Wildman–Crippen MR) is 64.1 cm³/mol. The van der Waals surface area contributed by atoms with Crippen LogP contribution < -0.4 is 0 Å². The van der Waals surface area contributed by atoms with Crippen LogP contribution in [0.25, 0.3) is 10.9 Å². The van der Waals surface area contributed by atoms with Gasteiger partial charge >= 0.3 is 0 Å². The van der Waals surface area contributed by atoms with Gasteiger partial charge in [0.2, 0.25) is 0 Å². The molecule has 1 aliphatic rings. The molecule has 1 nitrogen and oxygen atoms in total. The summed E-state index contributed by atoms with van der Waals surface area (Å²) < 4.78 is 2.39. The number of rotatable bonds is 0. The lowest BCUT2D eigenvalue weighted by Gasteiger charge is -2.19. The maximum Gasteiger partial charge on any atom is 0.0482 e. The van der Waals surface area contributed by atoms with E-state index >= 15 is 0 Å². The van der Waals surface area contributed by atoms with E-state index in [1.54, 1.807) is 11.3 Å². The molecule has 1 aliphatic carbocycles. The predicted octanol–water partition coefficient (Wildman–Crippen LogP) is 3.30. The minimum absolute atomic E-state index is 0.848. The van der Waals surface area contributed by atoms with Gasteiger partial charge in [0.15, 0.2) is 0 Å². The summed E-state index contributed by atoms with van der Waals surface area (Å²) in [5.74, 6) is 0.848. The lowest BCUT2D eigenvalue weighted by Crippen LogP contribution is -2.12. The molecule has 0 amide bonds. The summed E-state index contributed by atoms with van der Waals surface area (Å²) in [7, 11) is 2.21. The van der Waals surface area contributed by atoms with Gasteiger partial charge in [-0.15, -0.1) is 0 Å². The third-order valence-electron chi connectivity index (χ3n) is 3.77. The quantitative estimate of drug-likeness (QED) is 0.613. The molecular weight excluding hydrogens is 182 g/mol. The fraction of sp³-hybridized carbons (Fsp3) is 0.429. The number of hydrogen-bond acceptors (Lipinski definition) is 0. The molecule has 0 N–H and O–H groups in total. The molecule has 1 atom stereocenters. The fourth-order valence-corrected chi connectivity index (χ4v) is 2.89. The van der Waals surface area contributed by atoms with E-state index in [1.165, 1.54) is 30.2 Å². The number of aryl methyl sites for hydroxylation is 2. The summed E-state index contributed by atoms with van der Waals surface area (Å²) in [6.45, 7) is 2.36. The number of fused-ring (bicyclic) bond motifs is 3. The Labute approximate surface area is 90.7 Å². The van der Waals surface area contributed by atoms with Gasteiger partial charge in [-0.25, -0.2) is 0 Å². The van der Waals surface area contributed by atoms with Crippen molar-refractivity contribution in [3.05, 3.63) is 35.5 Å². The molecule has 1 aromatic heterocycles. The molecule has 0 aliphatic heterocycles. The molecule has 1 aromatic carbocycles. The lowest BCUT2D eigenvalue weighted by molar-refractivity contribution is 0.487. The zero-order chi connectivity index (χ0) is 10.4. The molecule has 1 heteroatoms. The van der Waals surface area contributed by atoms with Crippen molar-refractivity contribution < 1.29 is 0 Å². The van der Waals surface area contributed by atoms with Crippen molar-refractivity contribution in [2.45, 2.75) is 26.2 Å². The smallest absolute Gasteiger partial charge is 0.0482 e. The summed E-state index contributed by atoms with van der Waals surface area (Å²) in [5, 5.41) is 1.47. The van der Waals surface area contributed by atoms with Crippen LogP contribution >= 0.6 is 0 Å². The Kier molecular flexibility index (Phi) is 1.88. The standard InChI is InChI=1S/C14H17N/c1-10-7-8-12-11-5-3-4-6-13(11)15(2)14(12)9-10/h3-6,10H,7-9H2,1-2H3. The Hall–Kier alpha value is -1.24. The molecule has 2 aromatic rings. The van der Waals surface area contributed by atoms with Gasteiger partial charge in [0, 0.05) is 23.6 Å². The van der Waals surface area contributed by atoms with Crippen molar-refractivity contribution in [3.63, 3.8) is 0 Å². The number of para-hydroxylation sites is 1. The van der Waals surface area contributed by atoms with E-state index in [-0.39, 0.29) is 0 Å². The van der Waals surface area contributed by atoms with E-state index in [1.807, 2.05) is 0 Å². The highest BCUT2D eigenvalue weighted by molar-refractivity contribution is 5.85. The van der Waals surface area contributed by atoms with Crippen LogP contribution in [-0.4, -0.2) is 4.57 Å². The number of aromatic nitrogens is 1. The molecule has 1 unspecified atom stereocenters. The lowest BCUT2D eigenvalue weighted by atomic mass is 9.88. The first-order valence-corrected chi connectivity index (χ1v) is 5.82. The van der Waals surface area contributed by atoms with Crippen LogP contribution in [0.1, 0.15) is 24.6 Å². The Morgan fingerprint density at radius 2 is 2.07 bits per heavy atom. The number of benzene rings is 1. The van der Waals surface area contributed by atoms with Crippen molar-refractivity contribution in [1.29, 1.82) is 0 Å². The molecule has 0 spiro atoms. The number of nitrogens with zero attached hydrogens (tertiary/aromatic N) is 1.